The molecule has 0 aliphatic carbocycles. The van der Waals surface area contributed by atoms with Crippen molar-refractivity contribution >= 4 is 38.9 Å². The molecule has 0 bridgehead atoms. The van der Waals surface area contributed by atoms with Gasteiger partial charge in [-0.25, -0.2) is 12.8 Å². The van der Waals surface area contributed by atoms with Crippen molar-refractivity contribution in [2.45, 2.75) is 17.8 Å². The molecular weight excluding hydrogens is 328 g/mol. The summed E-state index contributed by atoms with van der Waals surface area (Å²) in [5, 5.41) is 2.00. The van der Waals surface area contributed by atoms with Crippen LogP contribution in [0.15, 0.2) is 18.2 Å². The van der Waals surface area contributed by atoms with Crippen LogP contribution in [0, 0.1) is 5.82 Å². The fourth-order valence-corrected chi connectivity index (χ4v) is 4.84. The van der Waals surface area contributed by atoms with Crippen molar-refractivity contribution in [3.05, 3.63) is 34.6 Å². The summed E-state index contributed by atoms with van der Waals surface area (Å²) < 4.78 is 36.3. The Hall–Kier alpha value is -0.850. The van der Waals surface area contributed by atoms with Crippen molar-refractivity contribution in [2.75, 3.05) is 11.5 Å². The number of halogens is 3. The molecule has 1 amide bonds. The van der Waals surface area contributed by atoms with Gasteiger partial charge >= 0.3 is 0 Å². The zero-order valence-electron chi connectivity index (χ0n) is 10.3. The molecule has 8 heteroatoms. The molecule has 0 radical (unpaired) electrons. The lowest BCUT2D eigenvalue weighted by molar-refractivity contribution is -0.121. The maximum Gasteiger partial charge on any atom is 0.224 e. The smallest absolute Gasteiger partial charge is 0.224 e. The summed E-state index contributed by atoms with van der Waals surface area (Å²) in [4.78, 5) is 11.8. The van der Waals surface area contributed by atoms with Gasteiger partial charge in [0.1, 0.15) is 5.82 Å². The third-order valence-electron chi connectivity index (χ3n) is 3.03. The maximum absolute atomic E-state index is 13.5. The van der Waals surface area contributed by atoms with E-state index in [1.807, 2.05) is 0 Å². The molecular formula is C12H12Cl2FNO3S. The normalized spacial score (nSPS) is 24.6. The van der Waals surface area contributed by atoms with Crippen molar-refractivity contribution in [1.29, 1.82) is 0 Å². The van der Waals surface area contributed by atoms with Crippen LogP contribution in [0.2, 0.25) is 5.02 Å². The zero-order chi connectivity index (χ0) is 14.9. The molecule has 1 aliphatic heterocycles. The fourth-order valence-electron chi connectivity index (χ4n) is 2.06. The van der Waals surface area contributed by atoms with E-state index in [1.165, 1.54) is 18.2 Å². The molecule has 1 saturated heterocycles. The Kier molecular flexibility index (Phi) is 4.56. The number of sulfone groups is 1. The number of hydrogen-bond donors (Lipinski definition) is 1. The van der Waals surface area contributed by atoms with Crippen molar-refractivity contribution in [2.24, 2.45) is 0 Å². The van der Waals surface area contributed by atoms with Crippen LogP contribution in [0.3, 0.4) is 0 Å². The lowest BCUT2D eigenvalue weighted by Gasteiger charge is -2.14. The summed E-state index contributed by atoms with van der Waals surface area (Å²) in [7, 11) is -3.23. The minimum atomic E-state index is -3.23. The minimum Gasteiger partial charge on any atom is -0.351 e. The third-order valence-corrected chi connectivity index (χ3v) is 5.76. The van der Waals surface area contributed by atoms with Gasteiger partial charge in [0.15, 0.2) is 9.84 Å². The number of benzene rings is 1. The van der Waals surface area contributed by atoms with Crippen LogP contribution in [0.4, 0.5) is 4.39 Å². The van der Waals surface area contributed by atoms with Gasteiger partial charge in [0.2, 0.25) is 5.91 Å². The van der Waals surface area contributed by atoms with Gasteiger partial charge in [0, 0.05) is 10.6 Å². The molecule has 4 nitrogen and oxygen atoms in total. The molecule has 1 N–H and O–H groups in total. The van der Waals surface area contributed by atoms with E-state index in [1.54, 1.807) is 0 Å². The van der Waals surface area contributed by atoms with Crippen molar-refractivity contribution < 1.29 is 17.6 Å². The highest BCUT2D eigenvalue weighted by molar-refractivity contribution is 7.91. The summed E-state index contributed by atoms with van der Waals surface area (Å²) in [5.41, 5.74) is 0.0821. The standard InChI is InChI=1S/C12H12Cl2FNO3S/c13-8-2-1-3-10(15)7(8)4-12(17)16-11-6-20(18,19)5-9(11)14/h1-3,9,11H,4-6H2,(H,16,17)/t9-,11+/m0/s1. The van der Waals surface area contributed by atoms with Gasteiger partial charge in [-0.1, -0.05) is 17.7 Å². The predicted molar refractivity (Wildman–Crippen MR) is 75.3 cm³/mol. The summed E-state index contributed by atoms with van der Waals surface area (Å²) in [6, 6.07) is 3.48. The van der Waals surface area contributed by atoms with Gasteiger partial charge < -0.3 is 5.32 Å². The van der Waals surface area contributed by atoms with Crippen LogP contribution in [0.1, 0.15) is 5.56 Å². The summed E-state index contributed by atoms with van der Waals surface area (Å²) in [6.07, 6.45) is -0.258. The molecule has 2 atom stereocenters. The number of nitrogens with one attached hydrogen (secondary N) is 1. The molecule has 0 aromatic heterocycles. The SMILES string of the molecule is O=C(Cc1c(F)cccc1Cl)N[C@@H]1CS(=O)(=O)C[C@@H]1Cl. The topological polar surface area (TPSA) is 63.2 Å². The Morgan fingerprint density at radius 3 is 2.65 bits per heavy atom. The predicted octanol–water partition coefficient (Wildman–Crippen LogP) is 1.54. The first kappa shape index (κ1) is 15.5. The number of hydrogen-bond acceptors (Lipinski definition) is 3. The molecule has 1 heterocycles. The molecule has 0 spiro atoms. The van der Waals surface area contributed by atoms with Crippen molar-refractivity contribution in [3.8, 4) is 0 Å². The Labute approximate surface area is 126 Å². The lowest BCUT2D eigenvalue weighted by Crippen LogP contribution is -2.41. The molecule has 0 saturated carbocycles. The van der Waals surface area contributed by atoms with Crippen LogP contribution in [0.5, 0.6) is 0 Å². The van der Waals surface area contributed by atoms with E-state index in [9.17, 15) is 17.6 Å². The van der Waals surface area contributed by atoms with E-state index >= 15 is 0 Å². The molecule has 110 valence electrons. The van der Waals surface area contributed by atoms with E-state index in [0.29, 0.717) is 0 Å². The van der Waals surface area contributed by atoms with E-state index in [4.69, 9.17) is 23.2 Å². The monoisotopic (exact) mass is 339 g/mol. The number of rotatable bonds is 3. The zero-order valence-corrected chi connectivity index (χ0v) is 12.6. The maximum atomic E-state index is 13.5. The van der Waals surface area contributed by atoms with E-state index in [-0.39, 0.29) is 28.5 Å². The highest BCUT2D eigenvalue weighted by Crippen LogP contribution is 2.21. The lowest BCUT2D eigenvalue weighted by atomic mass is 10.1. The molecule has 20 heavy (non-hydrogen) atoms. The largest absolute Gasteiger partial charge is 0.351 e. The highest BCUT2D eigenvalue weighted by Gasteiger charge is 2.37. The number of carbonyl (C=O) groups excluding carboxylic acids is 1. The van der Waals surface area contributed by atoms with Crippen molar-refractivity contribution in [1.82, 2.24) is 5.32 Å². The first-order chi connectivity index (χ1) is 9.28. The first-order valence-corrected chi connectivity index (χ1v) is 8.49. The summed E-state index contributed by atoms with van der Waals surface area (Å²) in [6.45, 7) is 0. The minimum absolute atomic E-state index is 0.0821. The summed E-state index contributed by atoms with van der Waals surface area (Å²) in [5.74, 6) is -1.45. The second-order valence-corrected chi connectivity index (χ2v) is 7.77. The van der Waals surface area contributed by atoms with Crippen LogP contribution in [-0.2, 0) is 21.1 Å². The molecule has 1 fully saturated rings. The number of amides is 1. The molecule has 1 aromatic carbocycles. The van der Waals surface area contributed by atoms with Crippen LogP contribution < -0.4 is 5.32 Å². The molecule has 1 aliphatic rings. The molecule has 1 aromatic rings. The van der Waals surface area contributed by atoms with E-state index in [2.05, 4.69) is 5.32 Å². The Morgan fingerprint density at radius 2 is 2.10 bits per heavy atom. The molecule has 0 unspecified atom stereocenters. The van der Waals surface area contributed by atoms with Crippen LogP contribution in [-0.4, -0.2) is 37.2 Å². The quantitative estimate of drug-likeness (QED) is 0.849. The number of alkyl halides is 1. The van der Waals surface area contributed by atoms with Crippen LogP contribution >= 0.6 is 23.2 Å². The third kappa shape index (κ3) is 3.62. The van der Waals surface area contributed by atoms with Gasteiger partial charge in [-0.15, -0.1) is 11.6 Å². The summed E-state index contributed by atoms with van der Waals surface area (Å²) >= 11 is 11.7. The van der Waals surface area contributed by atoms with Gasteiger partial charge in [0.05, 0.1) is 29.3 Å². The highest BCUT2D eigenvalue weighted by atomic mass is 35.5. The Balaban J connectivity index is 2.04. The number of carbonyl (C=O) groups is 1. The second-order valence-electron chi connectivity index (χ2n) is 4.64. The van der Waals surface area contributed by atoms with Gasteiger partial charge in [-0.05, 0) is 12.1 Å². The Bertz CT molecular complexity index is 615. The van der Waals surface area contributed by atoms with Gasteiger partial charge in [-0.3, -0.25) is 4.79 Å². The van der Waals surface area contributed by atoms with Crippen molar-refractivity contribution in [3.63, 3.8) is 0 Å². The van der Waals surface area contributed by atoms with E-state index in [0.717, 1.165) is 0 Å². The average Bonchev–Trinajstić information content (AvgIpc) is 2.57. The average molecular weight is 340 g/mol. The van der Waals surface area contributed by atoms with Crippen LogP contribution in [0.25, 0.3) is 0 Å². The first-order valence-electron chi connectivity index (χ1n) is 5.85. The Morgan fingerprint density at radius 1 is 1.40 bits per heavy atom. The fraction of sp³-hybridized carbons (Fsp3) is 0.417. The van der Waals surface area contributed by atoms with Gasteiger partial charge in [0.25, 0.3) is 0 Å². The second kappa shape index (κ2) is 5.87. The van der Waals surface area contributed by atoms with Gasteiger partial charge in [-0.2, -0.15) is 0 Å². The van der Waals surface area contributed by atoms with E-state index < -0.39 is 33.0 Å². The molecule has 2 rings (SSSR count).